The summed E-state index contributed by atoms with van der Waals surface area (Å²) >= 11 is 0. The predicted molar refractivity (Wildman–Crippen MR) is 60.9 cm³/mol. The van der Waals surface area contributed by atoms with Crippen molar-refractivity contribution in [2.24, 2.45) is 5.73 Å². The molecule has 0 heterocycles. The number of ether oxygens (including phenoxy) is 1. The molecule has 2 atom stereocenters. The maximum atomic E-state index is 10.7. The largest absolute Gasteiger partial charge is 0.443 e. The number of aryl methyl sites for hydroxylation is 1. The van der Waals surface area contributed by atoms with Gasteiger partial charge in [0.1, 0.15) is 12.2 Å². The normalized spacial score (nSPS) is 14.2. The molecule has 1 rings (SSSR count). The first-order valence-corrected chi connectivity index (χ1v) is 5.26. The number of rotatable bonds is 4. The highest BCUT2D eigenvalue weighted by atomic mass is 16.6. The van der Waals surface area contributed by atoms with E-state index in [1.807, 2.05) is 38.1 Å². The number of carbonyl (C=O) groups excluding carboxylic acids is 1. The van der Waals surface area contributed by atoms with Crippen LogP contribution in [0.1, 0.15) is 30.6 Å². The molecule has 0 aliphatic rings. The number of aliphatic hydroxyl groups excluding tert-OH is 1. The van der Waals surface area contributed by atoms with Gasteiger partial charge >= 0.3 is 6.09 Å². The lowest BCUT2D eigenvalue weighted by Gasteiger charge is -2.22. The number of nitrogens with two attached hydrogens (primary N) is 1. The van der Waals surface area contributed by atoms with Crippen molar-refractivity contribution in [2.45, 2.75) is 32.5 Å². The van der Waals surface area contributed by atoms with E-state index >= 15 is 0 Å². The molecule has 0 aliphatic heterocycles. The Morgan fingerprint density at radius 2 is 2.12 bits per heavy atom. The number of hydrogen-bond donors (Lipinski definition) is 2. The van der Waals surface area contributed by atoms with Crippen LogP contribution in [-0.2, 0) is 4.74 Å². The van der Waals surface area contributed by atoms with Crippen LogP contribution in [0.15, 0.2) is 24.3 Å². The fraction of sp³-hybridized carbons (Fsp3) is 0.417. The lowest BCUT2D eigenvalue weighted by molar-refractivity contribution is 0.00306. The standard InChI is InChI=1S/C12H17NO3/c1-3-10(16-12(13)15)11(14)9-7-5-4-6-8(9)2/h4-7,10-11,14H,3H2,1-2H3,(H2,13,15)/t10-,11-/m0/s1. The van der Waals surface area contributed by atoms with Crippen LogP contribution < -0.4 is 5.73 Å². The molecule has 0 bridgehead atoms. The molecule has 3 N–H and O–H groups in total. The van der Waals surface area contributed by atoms with Crippen molar-refractivity contribution in [2.75, 3.05) is 0 Å². The lowest BCUT2D eigenvalue weighted by Crippen LogP contribution is -2.28. The van der Waals surface area contributed by atoms with E-state index in [0.717, 1.165) is 11.1 Å². The van der Waals surface area contributed by atoms with Crippen molar-refractivity contribution >= 4 is 6.09 Å². The molecule has 0 unspecified atom stereocenters. The molecule has 0 saturated carbocycles. The summed E-state index contributed by atoms with van der Waals surface area (Å²) in [5.74, 6) is 0. The van der Waals surface area contributed by atoms with E-state index in [4.69, 9.17) is 10.5 Å². The highest BCUT2D eigenvalue weighted by Gasteiger charge is 2.23. The molecule has 1 amide bonds. The van der Waals surface area contributed by atoms with Crippen LogP contribution in [0, 0.1) is 6.92 Å². The quantitative estimate of drug-likeness (QED) is 0.818. The number of primary amides is 1. The van der Waals surface area contributed by atoms with Gasteiger partial charge in [-0.15, -0.1) is 0 Å². The van der Waals surface area contributed by atoms with Crippen LogP contribution in [-0.4, -0.2) is 17.3 Å². The van der Waals surface area contributed by atoms with Crippen LogP contribution in [0.3, 0.4) is 0 Å². The number of aliphatic hydroxyl groups is 1. The molecule has 88 valence electrons. The molecule has 0 saturated heterocycles. The van der Waals surface area contributed by atoms with Gasteiger partial charge in [-0.25, -0.2) is 4.79 Å². The maximum absolute atomic E-state index is 10.7. The minimum absolute atomic E-state index is 0.512. The minimum Gasteiger partial charge on any atom is -0.443 e. The van der Waals surface area contributed by atoms with Gasteiger partial charge in [0.2, 0.25) is 0 Å². The first-order valence-electron chi connectivity index (χ1n) is 5.26. The summed E-state index contributed by atoms with van der Waals surface area (Å²) in [4.78, 5) is 10.7. The molecule has 0 fully saturated rings. The molecule has 4 nitrogen and oxygen atoms in total. The van der Waals surface area contributed by atoms with Gasteiger partial charge in [0.05, 0.1) is 0 Å². The topological polar surface area (TPSA) is 72.5 Å². The zero-order valence-corrected chi connectivity index (χ0v) is 9.51. The zero-order valence-electron chi connectivity index (χ0n) is 9.51. The second-order valence-corrected chi connectivity index (χ2v) is 3.69. The Morgan fingerprint density at radius 1 is 1.50 bits per heavy atom. The monoisotopic (exact) mass is 223 g/mol. The van der Waals surface area contributed by atoms with E-state index in [2.05, 4.69) is 0 Å². The van der Waals surface area contributed by atoms with Gasteiger partial charge in [0.15, 0.2) is 0 Å². The van der Waals surface area contributed by atoms with Crippen molar-refractivity contribution in [3.63, 3.8) is 0 Å². The smallest absolute Gasteiger partial charge is 0.404 e. The molecule has 0 radical (unpaired) electrons. The summed E-state index contributed by atoms with van der Waals surface area (Å²) in [5.41, 5.74) is 6.67. The van der Waals surface area contributed by atoms with Crippen LogP contribution in [0.4, 0.5) is 4.79 Å². The number of benzene rings is 1. The van der Waals surface area contributed by atoms with Gasteiger partial charge in [0, 0.05) is 0 Å². The Kier molecular flexibility index (Phi) is 4.31. The van der Waals surface area contributed by atoms with Gasteiger partial charge in [-0.2, -0.15) is 0 Å². The Hall–Kier alpha value is -1.55. The first kappa shape index (κ1) is 12.5. The molecular formula is C12H17NO3. The predicted octanol–water partition coefficient (Wildman–Crippen LogP) is 1.90. The fourth-order valence-corrected chi connectivity index (χ4v) is 1.64. The van der Waals surface area contributed by atoms with E-state index in [1.54, 1.807) is 0 Å². The van der Waals surface area contributed by atoms with Crippen LogP contribution in [0.2, 0.25) is 0 Å². The second-order valence-electron chi connectivity index (χ2n) is 3.69. The first-order chi connectivity index (χ1) is 7.56. The Balaban J connectivity index is 2.86. The average molecular weight is 223 g/mol. The van der Waals surface area contributed by atoms with Crippen molar-refractivity contribution in [3.8, 4) is 0 Å². The van der Waals surface area contributed by atoms with E-state index in [1.165, 1.54) is 0 Å². The molecular weight excluding hydrogens is 206 g/mol. The molecule has 4 heteroatoms. The highest BCUT2D eigenvalue weighted by molar-refractivity contribution is 5.64. The van der Waals surface area contributed by atoms with Crippen LogP contribution in [0.5, 0.6) is 0 Å². The minimum atomic E-state index is -0.862. The van der Waals surface area contributed by atoms with Gasteiger partial charge in [-0.05, 0) is 24.5 Å². The fourth-order valence-electron chi connectivity index (χ4n) is 1.64. The third kappa shape index (κ3) is 2.97. The Bertz CT molecular complexity index is 365. The Morgan fingerprint density at radius 3 is 2.62 bits per heavy atom. The van der Waals surface area contributed by atoms with Crippen molar-refractivity contribution < 1.29 is 14.6 Å². The van der Waals surface area contributed by atoms with E-state index in [0.29, 0.717) is 6.42 Å². The van der Waals surface area contributed by atoms with Gasteiger partial charge in [0.25, 0.3) is 0 Å². The summed E-state index contributed by atoms with van der Waals surface area (Å²) < 4.78 is 4.86. The highest BCUT2D eigenvalue weighted by Crippen LogP contribution is 2.24. The van der Waals surface area contributed by atoms with Crippen LogP contribution in [0.25, 0.3) is 0 Å². The SMILES string of the molecule is CC[C@H](OC(N)=O)[C@@H](O)c1ccccc1C. The van der Waals surface area contributed by atoms with E-state index in [-0.39, 0.29) is 0 Å². The summed E-state index contributed by atoms with van der Waals surface area (Å²) in [7, 11) is 0. The third-order valence-electron chi connectivity index (χ3n) is 2.53. The molecule has 0 aliphatic carbocycles. The summed E-state index contributed by atoms with van der Waals surface area (Å²) in [6.45, 7) is 3.73. The Labute approximate surface area is 95.0 Å². The summed E-state index contributed by atoms with van der Waals surface area (Å²) in [6, 6.07) is 7.44. The van der Waals surface area contributed by atoms with E-state index in [9.17, 15) is 9.90 Å². The number of carbonyl (C=O) groups is 1. The molecule has 1 aromatic carbocycles. The van der Waals surface area contributed by atoms with Crippen molar-refractivity contribution in [1.82, 2.24) is 0 Å². The summed E-state index contributed by atoms with van der Waals surface area (Å²) in [6.07, 6.45) is -1.78. The zero-order chi connectivity index (χ0) is 12.1. The van der Waals surface area contributed by atoms with Gasteiger partial charge in [-0.3, -0.25) is 0 Å². The van der Waals surface area contributed by atoms with Crippen molar-refractivity contribution in [3.05, 3.63) is 35.4 Å². The molecule has 1 aromatic rings. The summed E-state index contributed by atoms with van der Waals surface area (Å²) in [5, 5.41) is 10.1. The maximum Gasteiger partial charge on any atom is 0.404 e. The number of hydrogen-bond acceptors (Lipinski definition) is 3. The van der Waals surface area contributed by atoms with Crippen molar-refractivity contribution in [1.29, 1.82) is 0 Å². The third-order valence-corrected chi connectivity index (χ3v) is 2.53. The molecule has 0 aromatic heterocycles. The second kappa shape index (κ2) is 5.51. The van der Waals surface area contributed by atoms with Gasteiger partial charge in [-0.1, -0.05) is 31.2 Å². The molecule has 16 heavy (non-hydrogen) atoms. The molecule has 0 spiro atoms. The average Bonchev–Trinajstić information content (AvgIpc) is 2.25. The van der Waals surface area contributed by atoms with Gasteiger partial charge < -0.3 is 15.6 Å². The van der Waals surface area contributed by atoms with E-state index < -0.39 is 18.3 Å². The number of amides is 1. The lowest BCUT2D eigenvalue weighted by atomic mass is 9.98. The van der Waals surface area contributed by atoms with Crippen LogP contribution >= 0.6 is 0 Å².